The number of carbonyl (C=O) groups is 1. The van der Waals surface area contributed by atoms with Crippen LogP contribution in [0.4, 0.5) is 0 Å². The van der Waals surface area contributed by atoms with Crippen molar-refractivity contribution in [2.45, 2.75) is 44.7 Å². The van der Waals surface area contributed by atoms with Crippen molar-refractivity contribution in [3.8, 4) is 0 Å². The van der Waals surface area contributed by atoms with Gasteiger partial charge in [-0.3, -0.25) is 4.79 Å². The molecule has 3 heterocycles. The van der Waals surface area contributed by atoms with E-state index in [2.05, 4.69) is 29.0 Å². The Labute approximate surface area is 111 Å². The number of nitrogens with zero attached hydrogens (tertiary/aromatic N) is 2. The Bertz CT molecular complexity index is 441. The van der Waals surface area contributed by atoms with E-state index in [9.17, 15) is 4.79 Å². The summed E-state index contributed by atoms with van der Waals surface area (Å²) in [4.78, 5) is 19.1. The largest absolute Gasteiger partial charge is 0.328 e. The third-order valence-electron chi connectivity index (χ3n) is 3.91. The third-order valence-corrected chi connectivity index (χ3v) is 4.76. The Morgan fingerprint density at radius 2 is 2.11 bits per heavy atom. The molecule has 98 valence electrons. The lowest BCUT2D eigenvalue weighted by molar-refractivity contribution is 0.0619. The highest BCUT2D eigenvalue weighted by Gasteiger charge is 2.40. The van der Waals surface area contributed by atoms with Crippen molar-refractivity contribution in [2.75, 3.05) is 13.1 Å². The van der Waals surface area contributed by atoms with E-state index in [1.165, 1.54) is 11.3 Å². The van der Waals surface area contributed by atoms with Crippen LogP contribution in [0.1, 0.15) is 48.1 Å². The highest BCUT2D eigenvalue weighted by atomic mass is 32.1. The first kappa shape index (κ1) is 12.1. The van der Waals surface area contributed by atoms with E-state index in [-0.39, 0.29) is 5.91 Å². The molecular weight excluding hydrogens is 246 g/mol. The number of aromatic nitrogens is 1. The smallest absolute Gasteiger partial charge is 0.283 e. The summed E-state index contributed by atoms with van der Waals surface area (Å²) in [5.74, 6) is 0.531. The second-order valence-corrected chi connectivity index (χ2v) is 6.35. The van der Waals surface area contributed by atoms with E-state index in [0.29, 0.717) is 23.0 Å². The van der Waals surface area contributed by atoms with E-state index in [0.717, 1.165) is 31.6 Å². The van der Waals surface area contributed by atoms with Gasteiger partial charge in [0.05, 0.1) is 5.69 Å². The quantitative estimate of drug-likeness (QED) is 0.887. The molecule has 0 aromatic carbocycles. The molecule has 1 amide bonds. The SMILES string of the molecule is CC(C)c1csc(C(=O)N2C3CCC2CNC3)n1. The van der Waals surface area contributed by atoms with Crippen LogP contribution in [0.15, 0.2) is 5.38 Å². The van der Waals surface area contributed by atoms with Crippen LogP contribution in [-0.2, 0) is 0 Å². The van der Waals surface area contributed by atoms with E-state index in [1.807, 2.05) is 5.38 Å². The van der Waals surface area contributed by atoms with Gasteiger partial charge in [-0.25, -0.2) is 4.98 Å². The summed E-state index contributed by atoms with van der Waals surface area (Å²) in [7, 11) is 0. The fraction of sp³-hybridized carbons (Fsp3) is 0.692. The number of piperazine rings is 1. The predicted octanol–water partition coefficient (Wildman–Crippen LogP) is 1.84. The van der Waals surface area contributed by atoms with E-state index in [1.54, 1.807) is 0 Å². The van der Waals surface area contributed by atoms with Gasteiger partial charge in [0.25, 0.3) is 5.91 Å². The molecule has 0 aliphatic carbocycles. The Kier molecular flexibility index (Phi) is 3.11. The van der Waals surface area contributed by atoms with E-state index in [4.69, 9.17) is 0 Å². The van der Waals surface area contributed by atoms with Crippen molar-refractivity contribution in [1.82, 2.24) is 15.2 Å². The molecule has 0 saturated carbocycles. The van der Waals surface area contributed by atoms with Gasteiger partial charge >= 0.3 is 0 Å². The summed E-state index contributed by atoms with van der Waals surface area (Å²) in [5.41, 5.74) is 1.03. The van der Waals surface area contributed by atoms with Gasteiger partial charge in [0.15, 0.2) is 5.01 Å². The molecule has 4 nitrogen and oxygen atoms in total. The van der Waals surface area contributed by atoms with Gasteiger partial charge in [-0.05, 0) is 18.8 Å². The lowest BCUT2D eigenvalue weighted by Gasteiger charge is -2.34. The molecule has 0 spiro atoms. The van der Waals surface area contributed by atoms with Crippen LogP contribution < -0.4 is 5.32 Å². The summed E-state index contributed by atoms with van der Waals surface area (Å²) in [6.07, 6.45) is 2.26. The maximum absolute atomic E-state index is 12.5. The molecule has 0 radical (unpaired) electrons. The first-order chi connectivity index (χ1) is 8.66. The molecule has 1 aromatic rings. The number of hydrogen-bond donors (Lipinski definition) is 1. The highest BCUT2D eigenvalue weighted by Crippen LogP contribution is 2.29. The number of carbonyl (C=O) groups excluding carboxylic acids is 1. The molecular formula is C13H19N3OS. The lowest BCUT2D eigenvalue weighted by atomic mass is 10.2. The maximum atomic E-state index is 12.5. The number of nitrogens with one attached hydrogen (secondary N) is 1. The Hall–Kier alpha value is -0.940. The number of rotatable bonds is 2. The van der Waals surface area contributed by atoms with Gasteiger partial charge in [0, 0.05) is 30.6 Å². The van der Waals surface area contributed by atoms with E-state index >= 15 is 0 Å². The standard InChI is InChI=1S/C13H19N3OS/c1-8(2)11-7-18-12(15-11)13(17)16-9-3-4-10(16)6-14-5-9/h7-10,14H,3-6H2,1-2H3. The minimum absolute atomic E-state index is 0.140. The van der Waals surface area contributed by atoms with Crippen LogP contribution in [0.5, 0.6) is 0 Å². The lowest BCUT2D eigenvalue weighted by Crippen LogP contribution is -2.54. The van der Waals surface area contributed by atoms with Gasteiger partial charge in [-0.2, -0.15) is 0 Å². The molecule has 2 fully saturated rings. The van der Waals surface area contributed by atoms with Gasteiger partial charge in [-0.1, -0.05) is 13.8 Å². The summed E-state index contributed by atoms with van der Waals surface area (Å²) >= 11 is 1.49. The first-order valence-electron chi connectivity index (χ1n) is 6.65. The number of thiazole rings is 1. The topological polar surface area (TPSA) is 45.2 Å². The van der Waals surface area contributed by atoms with Crippen LogP contribution in [-0.4, -0.2) is 41.0 Å². The molecule has 1 aromatic heterocycles. The summed E-state index contributed by atoms with van der Waals surface area (Å²) in [5, 5.41) is 6.08. The minimum atomic E-state index is 0.140. The maximum Gasteiger partial charge on any atom is 0.283 e. The number of hydrogen-bond acceptors (Lipinski definition) is 4. The minimum Gasteiger partial charge on any atom is -0.328 e. The molecule has 2 unspecified atom stereocenters. The average Bonchev–Trinajstić information content (AvgIpc) is 2.92. The van der Waals surface area contributed by atoms with Crippen molar-refractivity contribution in [2.24, 2.45) is 0 Å². The van der Waals surface area contributed by atoms with Crippen molar-refractivity contribution < 1.29 is 4.79 Å². The number of amides is 1. The predicted molar refractivity (Wildman–Crippen MR) is 72.1 cm³/mol. The van der Waals surface area contributed by atoms with Gasteiger partial charge < -0.3 is 10.2 Å². The van der Waals surface area contributed by atoms with Gasteiger partial charge in [0.2, 0.25) is 0 Å². The van der Waals surface area contributed by atoms with Crippen LogP contribution in [0, 0.1) is 0 Å². The van der Waals surface area contributed by atoms with Gasteiger partial charge in [0.1, 0.15) is 0 Å². The van der Waals surface area contributed by atoms with Crippen molar-refractivity contribution >= 4 is 17.2 Å². The molecule has 2 bridgehead atoms. The Morgan fingerprint density at radius 1 is 1.44 bits per heavy atom. The normalized spacial score (nSPS) is 26.9. The highest BCUT2D eigenvalue weighted by molar-refractivity contribution is 7.11. The van der Waals surface area contributed by atoms with Crippen LogP contribution in [0.3, 0.4) is 0 Å². The molecule has 2 saturated heterocycles. The van der Waals surface area contributed by atoms with Gasteiger partial charge in [-0.15, -0.1) is 11.3 Å². The Morgan fingerprint density at radius 3 is 2.67 bits per heavy atom. The van der Waals surface area contributed by atoms with Crippen LogP contribution in [0.25, 0.3) is 0 Å². The second-order valence-electron chi connectivity index (χ2n) is 5.49. The van der Waals surface area contributed by atoms with Crippen molar-refractivity contribution in [3.63, 3.8) is 0 Å². The zero-order valence-electron chi connectivity index (χ0n) is 10.8. The summed E-state index contributed by atoms with van der Waals surface area (Å²) < 4.78 is 0. The average molecular weight is 265 g/mol. The zero-order chi connectivity index (χ0) is 12.7. The fourth-order valence-electron chi connectivity index (χ4n) is 2.87. The molecule has 2 aliphatic rings. The fourth-order valence-corrected chi connectivity index (χ4v) is 3.79. The summed E-state index contributed by atoms with van der Waals surface area (Å²) in [6.45, 7) is 6.09. The monoisotopic (exact) mass is 265 g/mol. The third kappa shape index (κ3) is 1.95. The van der Waals surface area contributed by atoms with Crippen molar-refractivity contribution in [3.05, 3.63) is 16.1 Å². The first-order valence-corrected chi connectivity index (χ1v) is 7.53. The Balaban J connectivity index is 1.81. The molecule has 1 N–H and O–H groups in total. The molecule has 5 heteroatoms. The van der Waals surface area contributed by atoms with Crippen LogP contribution >= 0.6 is 11.3 Å². The molecule has 18 heavy (non-hydrogen) atoms. The molecule has 2 atom stereocenters. The van der Waals surface area contributed by atoms with E-state index < -0.39 is 0 Å². The zero-order valence-corrected chi connectivity index (χ0v) is 11.7. The van der Waals surface area contributed by atoms with Crippen LogP contribution in [0.2, 0.25) is 0 Å². The molecule has 2 aliphatic heterocycles. The van der Waals surface area contributed by atoms with Crippen molar-refractivity contribution in [1.29, 1.82) is 0 Å². The summed E-state index contributed by atoms with van der Waals surface area (Å²) in [6, 6.07) is 0.755. The molecule has 3 rings (SSSR count). The second kappa shape index (κ2) is 4.63. The number of fused-ring (bicyclic) bond motifs is 2.